The molecule has 0 amide bonds. The van der Waals surface area contributed by atoms with E-state index in [-0.39, 0.29) is 34.8 Å². The molecule has 1 aromatic heterocycles. The zero-order chi connectivity index (χ0) is 24.1. The van der Waals surface area contributed by atoms with Crippen molar-refractivity contribution in [2.24, 2.45) is 4.99 Å². The molecule has 0 aliphatic rings. The van der Waals surface area contributed by atoms with Crippen molar-refractivity contribution >= 4 is 17.6 Å². The van der Waals surface area contributed by atoms with Crippen LogP contribution in [0, 0.1) is 35.3 Å². The largest absolute Gasteiger partial charge is 0.497 e. The van der Waals surface area contributed by atoms with Crippen LogP contribution in [0.15, 0.2) is 52.3 Å². The van der Waals surface area contributed by atoms with Gasteiger partial charge < -0.3 is 9.84 Å². The van der Waals surface area contributed by atoms with Gasteiger partial charge in [0.25, 0.3) is 11.2 Å². The first kappa shape index (κ1) is 23.2. The lowest BCUT2D eigenvalue weighted by atomic mass is 10.1. The standard InChI is InChI=1S/C24H22N4O5/c1-15-4-7-18(12-22(15)28(31)32)26-14-21-16(2)20(13-25)23(29)27(24(21)30)11-10-17-5-8-19(33-3)9-6-17/h4-9,12,14,30H,10-11H2,1-3H3. The van der Waals surface area contributed by atoms with E-state index >= 15 is 0 Å². The SMILES string of the molecule is COc1ccc(CCn2c(O)c(C=Nc3ccc(C)c([N+](=O)[O-])c3)c(C)c(C#N)c2=O)cc1. The molecule has 0 saturated carbocycles. The number of aromatic hydroxyl groups is 1. The summed E-state index contributed by atoms with van der Waals surface area (Å²) in [6.45, 7) is 3.31. The summed E-state index contributed by atoms with van der Waals surface area (Å²) in [5, 5.41) is 31.5. The number of methoxy groups -OCH3 is 1. The van der Waals surface area contributed by atoms with E-state index in [2.05, 4.69) is 4.99 Å². The quantitative estimate of drug-likeness (QED) is 0.332. The van der Waals surface area contributed by atoms with Gasteiger partial charge in [0, 0.05) is 24.4 Å². The molecule has 33 heavy (non-hydrogen) atoms. The Morgan fingerprint density at radius 1 is 1.24 bits per heavy atom. The summed E-state index contributed by atoms with van der Waals surface area (Å²) >= 11 is 0. The average Bonchev–Trinajstić information content (AvgIpc) is 2.80. The second-order valence-electron chi connectivity index (χ2n) is 7.39. The van der Waals surface area contributed by atoms with Gasteiger partial charge in [-0.2, -0.15) is 5.26 Å². The van der Waals surface area contributed by atoms with Gasteiger partial charge in [-0.05, 0) is 49.6 Å². The highest BCUT2D eigenvalue weighted by molar-refractivity contribution is 5.87. The van der Waals surface area contributed by atoms with E-state index in [0.29, 0.717) is 23.4 Å². The number of nitrogens with zero attached hydrogens (tertiary/aromatic N) is 4. The first-order valence-electron chi connectivity index (χ1n) is 10.0. The molecule has 3 rings (SSSR count). The van der Waals surface area contributed by atoms with Crippen LogP contribution < -0.4 is 10.3 Å². The predicted molar refractivity (Wildman–Crippen MR) is 124 cm³/mol. The van der Waals surface area contributed by atoms with Crippen molar-refractivity contribution in [3.8, 4) is 17.7 Å². The topological polar surface area (TPSA) is 131 Å². The van der Waals surface area contributed by atoms with Crippen LogP contribution >= 0.6 is 0 Å². The lowest BCUT2D eigenvalue weighted by Crippen LogP contribution is -2.26. The Morgan fingerprint density at radius 3 is 2.55 bits per heavy atom. The fourth-order valence-corrected chi connectivity index (χ4v) is 3.38. The third kappa shape index (κ3) is 4.91. The summed E-state index contributed by atoms with van der Waals surface area (Å²) < 4.78 is 6.27. The van der Waals surface area contributed by atoms with Crippen LogP contribution in [-0.4, -0.2) is 27.9 Å². The van der Waals surface area contributed by atoms with E-state index in [4.69, 9.17) is 4.74 Å². The number of nitriles is 1. The Balaban J connectivity index is 1.99. The Morgan fingerprint density at radius 2 is 1.94 bits per heavy atom. The minimum atomic E-state index is -0.593. The third-order valence-electron chi connectivity index (χ3n) is 5.36. The molecular formula is C24H22N4O5. The maximum Gasteiger partial charge on any atom is 0.274 e. The molecule has 0 aliphatic carbocycles. The highest BCUT2D eigenvalue weighted by Gasteiger charge is 2.18. The Bertz CT molecular complexity index is 1330. The lowest BCUT2D eigenvalue weighted by Gasteiger charge is -2.14. The highest BCUT2D eigenvalue weighted by Crippen LogP contribution is 2.26. The van der Waals surface area contributed by atoms with Crippen LogP contribution in [0.3, 0.4) is 0 Å². The number of aliphatic imine (C=N–C) groups is 1. The number of aromatic nitrogens is 1. The van der Waals surface area contributed by atoms with Gasteiger partial charge in [0.2, 0.25) is 5.88 Å². The zero-order valence-electron chi connectivity index (χ0n) is 18.4. The van der Waals surface area contributed by atoms with Gasteiger partial charge in [0.05, 0.1) is 23.3 Å². The number of rotatable bonds is 7. The smallest absolute Gasteiger partial charge is 0.274 e. The molecule has 168 valence electrons. The fourth-order valence-electron chi connectivity index (χ4n) is 3.38. The molecule has 0 saturated heterocycles. The van der Waals surface area contributed by atoms with E-state index in [1.54, 1.807) is 45.2 Å². The minimum Gasteiger partial charge on any atom is -0.497 e. The number of aryl methyl sites for hydroxylation is 2. The van der Waals surface area contributed by atoms with E-state index in [1.165, 1.54) is 12.3 Å². The van der Waals surface area contributed by atoms with Crippen molar-refractivity contribution in [3.63, 3.8) is 0 Å². The molecule has 1 N–H and O–H groups in total. The summed E-state index contributed by atoms with van der Waals surface area (Å²) in [5.74, 6) is 0.381. The molecule has 0 aliphatic heterocycles. The van der Waals surface area contributed by atoms with Gasteiger partial charge in [-0.25, -0.2) is 0 Å². The van der Waals surface area contributed by atoms with Gasteiger partial charge in [-0.3, -0.25) is 24.5 Å². The first-order valence-corrected chi connectivity index (χ1v) is 10.0. The summed E-state index contributed by atoms with van der Waals surface area (Å²) in [6.07, 6.45) is 1.75. The normalized spacial score (nSPS) is 10.8. The van der Waals surface area contributed by atoms with Crippen molar-refractivity contribution in [1.82, 2.24) is 4.57 Å². The van der Waals surface area contributed by atoms with Crippen LogP contribution in [0.25, 0.3) is 0 Å². The maximum absolute atomic E-state index is 12.8. The van der Waals surface area contributed by atoms with Crippen LogP contribution in [0.2, 0.25) is 0 Å². The number of pyridine rings is 1. The second-order valence-corrected chi connectivity index (χ2v) is 7.39. The number of hydrogen-bond donors (Lipinski definition) is 1. The van der Waals surface area contributed by atoms with Crippen LogP contribution in [0.5, 0.6) is 11.6 Å². The highest BCUT2D eigenvalue weighted by atomic mass is 16.6. The van der Waals surface area contributed by atoms with Crippen molar-refractivity contribution in [2.45, 2.75) is 26.8 Å². The van der Waals surface area contributed by atoms with Crippen molar-refractivity contribution in [1.29, 1.82) is 5.26 Å². The maximum atomic E-state index is 12.8. The molecule has 0 unspecified atom stereocenters. The average molecular weight is 446 g/mol. The Labute approximate surface area is 190 Å². The summed E-state index contributed by atoms with van der Waals surface area (Å²) in [6, 6.07) is 13.7. The van der Waals surface area contributed by atoms with Gasteiger partial charge in [0.1, 0.15) is 17.4 Å². The first-order chi connectivity index (χ1) is 15.8. The van der Waals surface area contributed by atoms with E-state index in [1.807, 2.05) is 18.2 Å². The van der Waals surface area contributed by atoms with E-state index < -0.39 is 10.5 Å². The monoisotopic (exact) mass is 446 g/mol. The molecule has 0 spiro atoms. The molecule has 0 atom stereocenters. The van der Waals surface area contributed by atoms with Crippen LogP contribution in [0.4, 0.5) is 11.4 Å². The molecule has 1 heterocycles. The second kappa shape index (κ2) is 9.78. The molecule has 0 fully saturated rings. The molecule has 2 aromatic carbocycles. The van der Waals surface area contributed by atoms with Gasteiger partial charge in [-0.1, -0.05) is 18.2 Å². The summed E-state index contributed by atoms with van der Waals surface area (Å²) in [4.78, 5) is 27.7. The van der Waals surface area contributed by atoms with E-state index in [9.17, 15) is 25.3 Å². The zero-order valence-corrected chi connectivity index (χ0v) is 18.4. The number of ether oxygens (including phenoxy) is 1. The molecule has 0 bridgehead atoms. The van der Waals surface area contributed by atoms with Gasteiger partial charge in [-0.15, -0.1) is 0 Å². The number of nitro groups is 1. The molecule has 9 nitrogen and oxygen atoms in total. The minimum absolute atomic E-state index is 0.0761. The predicted octanol–water partition coefficient (Wildman–Crippen LogP) is 3.95. The molecule has 9 heteroatoms. The summed E-state index contributed by atoms with van der Waals surface area (Å²) in [7, 11) is 1.57. The Kier molecular flexibility index (Phi) is 6.88. The van der Waals surface area contributed by atoms with Gasteiger partial charge >= 0.3 is 0 Å². The third-order valence-corrected chi connectivity index (χ3v) is 5.36. The van der Waals surface area contributed by atoms with Gasteiger partial charge in [0.15, 0.2) is 0 Å². The van der Waals surface area contributed by atoms with Crippen LogP contribution in [-0.2, 0) is 13.0 Å². The molecule has 0 radical (unpaired) electrons. The fraction of sp³-hybridized carbons (Fsp3) is 0.208. The van der Waals surface area contributed by atoms with E-state index in [0.717, 1.165) is 10.1 Å². The van der Waals surface area contributed by atoms with Crippen molar-refractivity contribution in [2.75, 3.05) is 7.11 Å². The lowest BCUT2D eigenvalue weighted by molar-refractivity contribution is -0.385. The number of nitro benzene ring substituents is 1. The van der Waals surface area contributed by atoms with Crippen molar-refractivity contribution in [3.05, 3.63) is 90.7 Å². The van der Waals surface area contributed by atoms with Crippen molar-refractivity contribution < 1.29 is 14.8 Å². The van der Waals surface area contributed by atoms with Crippen LogP contribution in [0.1, 0.15) is 27.8 Å². The number of benzene rings is 2. The molecule has 3 aromatic rings. The number of hydrogen-bond acceptors (Lipinski definition) is 7. The summed E-state index contributed by atoms with van der Waals surface area (Å²) in [5.41, 5.74) is 1.44. The molecular weight excluding hydrogens is 424 g/mol. The Hall–Kier alpha value is -4.45.